The van der Waals surface area contributed by atoms with Crippen LogP contribution >= 0.6 is 11.3 Å². The molecule has 120 valence electrons. The summed E-state index contributed by atoms with van der Waals surface area (Å²) in [6.07, 6.45) is 0.915. The van der Waals surface area contributed by atoms with E-state index in [2.05, 4.69) is 37.9 Å². The van der Waals surface area contributed by atoms with Gasteiger partial charge in [0.1, 0.15) is 0 Å². The average molecular weight is 313 g/mol. The first-order chi connectivity index (χ1) is 10.2. The van der Waals surface area contributed by atoms with E-state index >= 15 is 0 Å². The highest BCUT2D eigenvalue weighted by Gasteiger charge is 2.01. The van der Waals surface area contributed by atoms with Gasteiger partial charge < -0.3 is 20.3 Å². The molecule has 6 nitrogen and oxygen atoms in total. The molecule has 0 saturated heterocycles. The van der Waals surface area contributed by atoms with Gasteiger partial charge in [0.05, 0.1) is 17.3 Å². The molecule has 1 rings (SSSR count). The van der Waals surface area contributed by atoms with Gasteiger partial charge in [-0.2, -0.15) is 0 Å². The number of thiazole rings is 1. The van der Waals surface area contributed by atoms with Crippen molar-refractivity contribution in [1.29, 1.82) is 0 Å². The molecule has 0 fully saturated rings. The van der Waals surface area contributed by atoms with Crippen LogP contribution in [0, 0.1) is 6.92 Å². The minimum absolute atomic E-state index is 0.760. The summed E-state index contributed by atoms with van der Waals surface area (Å²) in [7, 11) is 5.60. The lowest BCUT2D eigenvalue weighted by Gasteiger charge is -2.17. The Morgan fingerprint density at radius 2 is 2.14 bits per heavy atom. The molecule has 0 atom stereocenters. The Kier molecular flexibility index (Phi) is 8.96. The SMILES string of the molecule is CN=C(NCCc1csc(C)n1)NCCN(C)CCOC. The van der Waals surface area contributed by atoms with Crippen LogP contribution in [0.4, 0.5) is 0 Å². The third-order valence-electron chi connectivity index (χ3n) is 3.03. The normalized spacial score (nSPS) is 12.0. The highest BCUT2D eigenvalue weighted by Crippen LogP contribution is 2.07. The molecule has 0 saturated carbocycles. The molecule has 0 radical (unpaired) electrons. The highest BCUT2D eigenvalue weighted by molar-refractivity contribution is 7.09. The van der Waals surface area contributed by atoms with Gasteiger partial charge in [0.25, 0.3) is 0 Å². The van der Waals surface area contributed by atoms with Gasteiger partial charge in [-0.25, -0.2) is 4.98 Å². The number of ether oxygens (including phenoxy) is 1. The van der Waals surface area contributed by atoms with Crippen molar-refractivity contribution in [1.82, 2.24) is 20.5 Å². The second kappa shape index (κ2) is 10.5. The van der Waals surface area contributed by atoms with Crippen LogP contribution in [0.3, 0.4) is 0 Å². The fourth-order valence-corrected chi connectivity index (χ4v) is 2.42. The minimum Gasteiger partial charge on any atom is -0.383 e. The summed E-state index contributed by atoms with van der Waals surface area (Å²) in [5.41, 5.74) is 1.14. The van der Waals surface area contributed by atoms with Crippen LogP contribution in [0.1, 0.15) is 10.7 Å². The topological polar surface area (TPSA) is 61.8 Å². The first kappa shape index (κ1) is 17.9. The van der Waals surface area contributed by atoms with Crippen molar-refractivity contribution in [2.24, 2.45) is 4.99 Å². The molecule has 21 heavy (non-hydrogen) atoms. The van der Waals surface area contributed by atoms with Gasteiger partial charge in [0, 0.05) is 52.1 Å². The number of hydrogen-bond acceptors (Lipinski definition) is 5. The second-order valence-electron chi connectivity index (χ2n) is 4.83. The summed E-state index contributed by atoms with van der Waals surface area (Å²) < 4.78 is 5.05. The Morgan fingerprint density at radius 3 is 2.76 bits per heavy atom. The Labute approximate surface area is 131 Å². The third-order valence-corrected chi connectivity index (χ3v) is 3.85. The first-order valence-corrected chi connectivity index (χ1v) is 8.06. The number of rotatable bonds is 9. The molecule has 0 aliphatic heterocycles. The summed E-state index contributed by atoms with van der Waals surface area (Å²) in [4.78, 5) is 10.9. The summed E-state index contributed by atoms with van der Waals surface area (Å²) >= 11 is 1.69. The van der Waals surface area contributed by atoms with Crippen LogP contribution in [0.2, 0.25) is 0 Å². The molecule has 0 amide bonds. The Balaban J connectivity index is 2.14. The van der Waals surface area contributed by atoms with Crippen LogP contribution < -0.4 is 10.6 Å². The zero-order valence-electron chi connectivity index (χ0n) is 13.5. The fraction of sp³-hybridized carbons (Fsp3) is 0.714. The van der Waals surface area contributed by atoms with Gasteiger partial charge in [-0.15, -0.1) is 11.3 Å². The van der Waals surface area contributed by atoms with Crippen LogP contribution in [0.15, 0.2) is 10.4 Å². The van der Waals surface area contributed by atoms with Crippen molar-refractivity contribution in [3.8, 4) is 0 Å². The van der Waals surface area contributed by atoms with Crippen molar-refractivity contribution in [2.75, 3.05) is 54.0 Å². The Bertz CT molecular complexity index is 421. The summed E-state index contributed by atoms with van der Waals surface area (Å²) in [5.74, 6) is 0.835. The maximum absolute atomic E-state index is 5.05. The van der Waals surface area contributed by atoms with E-state index in [-0.39, 0.29) is 0 Å². The maximum atomic E-state index is 5.05. The molecule has 0 bridgehead atoms. The lowest BCUT2D eigenvalue weighted by Crippen LogP contribution is -2.42. The number of methoxy groups -OCH3 is 1. The zero-order valence-corrected chi connectivity index (χ0v) is 14.3. The molecule has 0 aromatic carbocycles. The van der Waals surface area contributed by atoms with Crippen molar-refractivity contribution < 1.29 is 4.74 Å². The number of aryl methyl sites for hydroxylation is 1. The molecule has 1 aromatic heterocycles. The first-order valence-electron chi connectivity index (χ1n) is 7.18. The number of hydrogen-bond donors (Lipinski definition) is 2. The Morgan fingerprint density at radius 1 is 1.38 bits per heavy atom. The van der Waals surface area contributed by atoms with Crippen molar-refractivity contribution in [3.63, 3.8) is 0 Å². The minimum atomic E-state index is 0.760. The molecule has 2 N–H and O–H groups in total. The summed E-state index contributed by atoms with van der Waals surface area (Å²) in [5, 5.41) is 9.84. The Hall–Kier alpha value is -1.18. The van der Waals surface area contributed by atoms with E-state index in [0.717, 1.165) is 55.9 Å². The highest BCUT2D eigenvalue weighted by atomic mass is 32.1. The van der Waals surface area contributed by atoms with Gasteiger partial charge in [-0.1, -0.05) is 0 Å². The lowest BCUT2D eigenvalue weighted by molar-refractivity contribution is 0.162. The molecule has 0 aliphatic carbocycles. The van der Waals surface area contributed by atoms with E-state index in [9.17, 15) is 0 Å². The van der Waals surface area contributed by atoms with Crippen molar-refractivity contribution in [2.45, 2.75) is 13.3 Å². The van der Waals surface area contributed by atoms with Crippen LogP contribution in [0.25, 0.3) is 0 Å². The number of aliphatic imine (C=N–C) groups is 1. The van der Waals surface area contributed by atoms with Gasteiger partial charge in [0.15, 0.2) is 5.96 Å². The largest absolute Gasteiger partial charge is 0.383 e. The summed E-state index contributed by atoms with van der Waals surface area (Å²) in [6.45, 7) is 6.37. The number of guanidine groups is 1. The third kappa shape index (κ3) is 7.99. The van der Waals surface area contributed by atoms with Gasteiger partial charge >= 0.3 is 0 Å². The quantitative estimate of drug-likeness (QED) is 0.520. The molecular formula is C14H27N5OS. The second-order valence-corrected chi connectivity index (χ2v) is 5.89. The van der Waals surface area contributed by atoms with E-state index < -0.39 is 0 Å². The van der Waals surface area contributed by atoms with E-state index in [1.54, 1.807) is 25.5 Å². The van der Waals surface area contributed by atoms with Gasteiger partial charge in [-0.3, -0.25) is 4.99 Å². The van der Waals surface area contributed by atoms with Gasteiger partial charge in [-0.05, 0) is 14.0 Å². The average Bonchev–Trinajstić information content (AvgIpc) is 2.89. The van der Waals surface area contributed by atoms with Crippen LogP contribution in [-0.2, 0) is 11.2 Å². The molecule has 0 spiro atoms. The molecule has 0 aliphatic rings. The van der Waals surface area contributed by atoms with Crippen LogP contribution in [-0.4, -0.2) is 69.8 Å². The van der Waals surface area contributed by atoms with E-state index in [1.165, 1.54) is 0 Å². The van der Waals surface area contributed by atoms with E-state index in [1.807, 2.05) is 6.92 Å². The molecule has 0 unspecified atom stereocenters. The van der Waals surface area contributed by atoms with Crippen molar-refractivity contribution in [3.05, 3.63) is 16.1 Å². The number of nitrogens with zero attached hydrogens (tertiary/aromatic N) is 3. The lowest BCUT2D eigenvalue weighted by atomic mass is 10.3. The number of likely N-dealkylation sites (N-methyl/N-ethyl adjacent to an activating group) is 1. The van der Waals surface area contributed by atoms with Gasteiger partial charge in [0.2, 0.25) is 0 Å². The maximum Gasteiger partial charge on any atom is 0.191 e. The molecule has 1 aromatic rings. The monoisotopic (exact) mass is 313 g/mol. The smallest absolute Gasteiger partial charge is 0.191 e. The predicted octanol–water partition coefficient (Wildman–Crippen LogP) is 0.737. The number of aromatic nitrogens is 1. The molecule has 1 heterocycles. The summed E-state index contributed by atoms with van der Waals surface area (Å²) in [6, 6.07) is 0. The van der Waals surface area contributed by atoms with E-state index in [4.69, 9.17) is 4.74 Å². The predicted molar refractivity (Wildman–Crippen MR) is 89.3 cm³/mol. The standard InChI is InChI=1S/C14H27N5OS/c1-12-18-13(11-21-12)5-6-16-14(15-2)17-7-8-19(3)9-10-20-4/h11H,5-10H2,1-4H3,(H2,15,16,17). The number of nitrogens with one attached hydrogen (secondary N) is 2. The zero-order chi connectivity index (χ0) is 15.5. The van der Waals surface area contributed by atoms with Crippen molar-refractivity contribution >= 4 is 17.3 Å². The van der Waals surface area contributed by atoms with E-state index in [0.29, 0.717) is 0 Å². The fourth-order valence-electron chi connectivity index (χ4n) is 1.78. The molecule has 7 heteroatoms. The van der Waals surface area contributed by atoms with Crippen LogP contribution in [0.5, 0.6) is 0 Å². The molecular weight excluding hydrogens is 286 g/mol.